The molecule has 26 heavy (non-hydrogen) atoms. The highest BCUT2D eigenvalue weighted by Crippen LogP contribution is 2.67. The minimum absolute atomic E-state index is 0.158. The van der Waals surface area contributed by atoms with Gasteiger partial charge in [0.1, 0.15) is 12.3 Å². The minimum atomic E-state index is -0.398. The zero-order valence-corrected chi connectivity index (χ0v) is 15.1. The van der Waals surface area contributed by atoms with Gasteiger partial charge < -0.3 is 9.84 Å². The van der Waals surface area contributed by atoms with Gasteiger partial charge in [0.25, 0.3) is 0 Å². The zero-order chi connectivity index (χ0) is 17.8. The van der Waals surface area contributed by atoms with Crippen molar-refractivity contribution in [1.29, 1.82) is 0 Å². The fourth-order valence-electron chi connectivity index (χ4n) is 7.30. The molecule has 5 nitrogen and oxygen atoms in total. The van der Waals surface area contributed by atoms with E-state index in [1.165, 1.54) is 12.5 Å². The molecule has 1 aromatic rings. The first kappa shape index (κ1) is 15.3. The molecule has 2 unspecified atom stereocenters. The number of aliphatic hydroxyl groups excluding tert-OH is 1. The monoisotopic (exact) mass is 352 g/mol. The number of para-hydroxylation sites is 1. The molecule has 0 radical (unpaired) electrons. The minimum Gasteiger partial charge on any atom is -0.461 e. The van der Waals surface area contributed by atoms with Crippen molar-refractivity contribution in [2.45, 2.75) is 62.9 Å². The Labute approximate surface area is 153 Å². The quantitative estimate of drug-likeness (QED) is 0.830. The van der Waals surface area contributed by atoms with Crippen LogP contribution >= 0.6 is 0 Å². The molecule has 5 heterocycles. The van der Waals surface area contributed by atoms with Crippen LogP contribution in [-0.4, -0.2) is 46.1 Å². The number of rotatable bonds is 2. The van der Waals surface area contributed by atoms with Crippen LogP contribution in [0.25, 0.3) is 0 Å². The van der Waals surface area contributed by atoms with Crippen LogP contribution in [-0.2, 0) is 14.9 Å². The molecule has 5 bridgehead atoms. The molecule has 4 saturated heterocycles. The van der Waals surface area contributed by atoms with Gasteiger partial charge >= 0.3 is 5.97 Å². The van der Waals surface area contributed by atoms with Crippen molar-refractivity contribution in [3.63, 3.8) is 0 Å². The molecule has 1 aromatic carbocycles. The Morgan fingerprint density at radius 1 is 1.42 bits per heavy atom. The van der Waals surface area contributed by atoms with Crippen molar-refractivity contribution in [3.05, 3.63) is 29.8 Å². The van der Waals surface area contributed by atoms with E-state index in [9.17, 15) is 9.90 Å². The highest BCUT2D eigenvalue weighted by Gasteiger charge is 2.75. The van der Waals surface area contributed by atoms with E-state index in [4.69, 9.17) is 9.73 Å². The highest BCUT2D eigenvalue weighted by molar-refractivity contribution is 6.07. The molecular formula is C21H24N2O3. The lowest BCUT2D eigenvalue weighted by molar-refractivity contribution is -0.199. The van der Waals surface area contributed by atoms with E-state index in [-0.39, 0.29) is 35.5 Å². The van der Waals surface area contributed by atoms with Gasteiger partial charge in [-0.2, -0.15) is 0 Å². The van der Waals surface area contributed by atoms with Gasteiger partial charge in [0.2, 0.25) is 0 Å². The standard InChI is InChI=1S/C21H24N2O3/c1-3-11-12-8-15-18-21(13-6-4-5-7-14(13)22-18)9-16(23(15)20(11)25)17(12)19(21)26-10(2)24/h4-7,11-12,15-17,19-20,25H,3,8-9H2,1-2H3/t11-,12+,15-,16-,17?,19+,20+,21+/m0/s1. The summed E-state index contributed by atoms with van der Waals surface area (Å²) in [4.78, 5) is 19.4. The van der Waals surface area contributed by atoms with Crippen LogP contribution in [0, 0.1) is 17.8 Å². The van der Waals surface area contributed by atoms with Crippen molar-refractivity contribution >= 4 is 17.4 Å². The van der Waals surface area contributed by atoms with E-state index in [1.807, 2.05) is 6.07 Å². The molecule has 1 spiro atoms. The maximum absolute atomic E-state index is 12.1. The summed E-state index contributed by atoms with van der Waals surface area (Å²) in [6, 6.07) is 8.79. The van der Waals surface area contributed by atoms with Gasteiger partial charge in [-0.3, -0.25) is 14.7 Å². The van der Waals surface area contributed by atoms with Crippen LogP contribution in [0.2, 0.25) is 0 Å². The fraction of sp³-hybridized carbons (Fsp3) is 0.619. The lowest BCUT2D eigenvalue weighted by Crippen LogP contribution is -2.70. The van der Waals surface area contributed by atoms with E-state index >= 15 is 0 Å². The average Bonchev–Trinajstić information content (AvgIpc) is 3.08. The maximum atomic E-state index is 12.1. The maximum Gasteiger partial charge on any atom is 0.302 e. The first-order valence-electron chi connectivity index (χ1n) is 9.89. The summed E-state index contributed by atoms with van der Waals surface area (Å²) in [6.45, 7) is 3.69. The number of ether oxygens (including phenoxy) is 1. The molecular weight excluding hydrogens is 328 g/mol. The van der Waals surface area contributed by atoms with Crippen molar-refractivity contribution in [3.8, 4) is 0 Å². The highest BCUT2D eigenvalue weighted by atomic mass is 16.5. The number of benzene rings is 1. The van der Waals surface area contributed by atoms with E-state index in [0.29, 0.717) is 11.8 Å². The Kier molecular flexibility index (Phi) is 2.81. The fourth-order valence-corrected chi connectivity index (χ4v) is 7.30. The molecule has 0 aromatic heterocycles. The lowest BCUT2D eigenvalue weighted by Gasteiger charge is -2.60. The number of aliphatic hydroxyl groups is 1. The predicted molar refractivity (Wildman–Crippen MR) is 96.2 cm³/mol. The topological polar surface area (TPSA) is 62.1 Å². The third-order valence-corrected chi connectivity index (χ3v) is 7.94. The van der Waals surface area contributed by atoms with Gasteiger partial charge in [-0.15, -0.1) is 0 Å². The van der Waals surface area contributed by atoms with E-state index in [0.717, 1.165) is 30.7 Å². The summed E-state index contributed by atoms with van der Waals surface area (Å²) >= 11 is 0. The van der Waals surface area contributed by atoms with Gasteiger partial charge in [-0.05, 0) is 36.8 Å². The second-order valence-electron chi connectivity index (χ2n) is 8.71. The number of carbonyl (C=O) groups excluding carboxylic acids is 1. The Morgan fingerprint density at radius 3 is 3.00 bits per heavy atom. The van der Waals surface area contributed by atoms with Crippen molar-refractivity contribution < 1.29 is 14.6 Å². The number of nitrogens with zero attached hydrogens (tertiary/aromatic N) is 2. The van der Waals surface area contributed by atoms with Crippen LogP contribution in [0.3, 0.4) is 0 Å². The number of carbonyl (C=O) groups is 1. The smallest absolute Gasteiger partial charge is 0.302 e. The number of piperidine rings is 4. The Bertz CT molecular complexity index is 851. The molecule has 5 fully saturated rings. The van der Waals surface area contributed by atoms with Gasteiger partial charge in [-0.1, -0.05) is 25.1 Å². The number of hydrogen-bond acceptors (Lipinski definition) is 5. The third kappa shape index (κ3) is 1.49. The Balaban J connectivity index is 1.60. The molecule has 9 atom stereocenters. The van der Waals surface area contributed by atoms with E-state index in [1.54, 1.807) is 0 Å². The molecule has 1 aliphatic carbocycles. The van der Waals surface area contributed by atoms with Crippen LogP contribution in [0.1, 0.15) is 38.7 Å². The molecule has 6 aliphatic rings. The SMILES string of the molecule is CC[C@@H]1[C@@H](O)N2[C@H]3C[C@H]1C1[C@@H](OC(C)=O)[C@@]4(C[C@@H]12)C3=Nc1ccccc14. The van der Waals surface area contributed by atoms with Crippen molar-refractivity contribution in [2.75, 3.05) is 0 Å². The summed E-state index contributed by atoms with van der Waals surface area (Å²) in [5.41, 5.74) is 3.10. The summed E-state index contributed by atoms with van der Waals surface area (Å²) in [6.07, 6.45) is 2.34. The number of esters is 1. The largest absolute Gasteiger partial charge is 0.461 e. The lowest BCUT2D eigenvalue weighted by atomic mass is 9.63. The Morgan fingerprint density at radius 2 is 2.23 bits per heavy atom. The van der Waals surface area contributed by atoms with E-state index < -0.39 is 6.23 Å². The second-order valence-corrected chi connectivity index (χ2v) is 8.71. The molecule has 136 valence electrons. The van der Waals surface area contributed by atoms with Gasteiger partial charge in [0.15, 0.2) is 0 Å². The average molecular weight is 352 g/mol. The first-order chi connectivity index (χ1) is 12.6. The zero-order valence-electron chi connectivity index (χ0n) is 15.1. The summed E-state index contributed by atoms with van der Waals surface area (Å²) < 4.78 is 6.07. The van der Waals surface area contributed by atoms with Crippen LogP contribution in [0.15, 0.2) is 29.3 Å². The summed E-state index contributed by atoms with van der Waals surface area (Å²) in [5.74, 6) is 0.750. The molecule has 0 amide bonds. The Hall–Kier alpha value is -1.72. The van der Waals surface area contributed by atoms with Gasteiger partial charge in [0, 0.05) is 24.8 Å². The van der Waals surface area contributed by atoms with Crippen LogP contribution < -0.4 is 0 Å². The van der Waals surface area contributed by atoms with Crippen molar-refractivity contribution in [2.24, 2.45) is 22.7 Å². The van der Waals surface area contributed by atoms with Crippen LogP contribution in [0.5, 0.6) is 0 Å². The number of aliphatic imine (C=N–C) groups is 1. The molecule has 1 N–H and O–H groups in total. The molecule has 1 saturated carbocycles. The first-order valence-corrected chi connectivity index (χ1v) is 9.89. The summed E-state index contributed by atoms with van der Waals surface area (Å²) in [5, 5.41) is 11.1. The van der Waals surface area contributed by atoms with Crippen LogP contribution in [0.4, 0.5) is 5.69 Å². The predicted octanol–water partition coefficient (Wildman–Crippen LogP) is 2.39. The number of fused-ring (bicyclic) bond motifs is 2. The third-order valence-electron chi connectivity index (χ3n) is 7.94. The molecule has 7 rings (SSSR count). The molecule has 5 aliphatic heterocycles. The van der Waals surface area contributed by atoms with Crippen molar-refractivity contribution in [1.82, 2.24) is 4.90 Å². The van der Waals surface area contributed by atoms with Gasteiger partial charge in [-0.25, -0.2) is 0 Å². The molecule has 5 heteroatoms. The summed E-state index contributed by atoms with van der Waals surface area (Å²) in [7, 11) is 0. The number of hydrogen-bond donors (Lipinski definition) is 1. The normalized spacial score (nSPS) is 49.0. The van der Waals surface area contributed by atoms with E-state index in [2.05, 4.69) is 30.0 Å². The van der Waals surface area contributed by atoms with Gasteiger partial charge in [0.05, 0.1) is 22.9 Å². The second kappa shape index (κ2) is 4.76.